The standard InChI is InChI=1S/C15H13N5O4S/c1-16-25(23,24)12-4-2-3-10(7-12)19-15-13-6-5-11(20(21)22)8-14(13)17-9-18-15/h2-9,16H,1H3,(H,17,18,19). The Morgan fingerprint density at radius 1 is 1.12 bits per heavy atom. The molecule has 1 aromatic heterocycles. The summed E-state index contributed by atoms with van der Waals surface area (Å²) in [5.74, 6) is 0.416. The van der Waals surface area contributed by atoms with Crippen LogP contribution < -0.4 is 10.0 Å². The highest BCUT2D eigenvalue weighted by atomic mass is 32.2. The first-order valence-electron chi connectivity index (χ1n) is 7.10. The van der Waals surface area contributed by atoms with Gasteiger partial charge in [-0.1, -0.05) is 6.07 Å². The SMILES string of the molecule is CNS(=O)(=O)c1cccc(Nc2ncnc3cc([N+](=O)[O-])ccc23)c1. The van der Waals surface area contributed by atoms with Crippen molar-refractivity contribution in [1.82, 2.24) is 14.7 Å². The molecular weight excluding hydrogens is 346 g/mol. The zero-order valence-electron chi connectivity index (χ0n) is 13.0. The highest BCUT2D eigenvalue weighted by Crippen LogP contribution is 2.26. The number of aromatic nitrogens is 2. The molecule has 0 fully saturated rings. The van der Waals surface area contributed by atoms with Gasteiger partial charge in [0, 0.05) is 23.2 Å². The van der Waals surface area contributed by atoms with Crippen molar-refractivity contribution in [3.8, 4) is 0 Å². The van der Waals surface area contributed by atoms with Crippen LogP contribution in [0.1, 0.15) is 0 Å². The number of rotatable bonds is 5. The molecule has 9 nitrogen and oxygen atoms in total. The topological polar surface area (TPSA) is 127 Å². The van der Waals surface area contributed by atoms with E-state index >= 15 is 0 Å². The van der Waals surface area contributed by atoms with Gasteiger partial charge >= 0.3 is 0 Å². The Kier molecular flexibility index (Phi) is 4.30. The fourth-order valence-electron chi connectivity index (χ4n) is 2.25. The summed E-state index contributed by atoms with van der Waals surface area (Å²) in [5.41, 5.74) is 0.847. The van der Waals surface area contributed by atoms with Crippen molar-refractivity contribution in [2.24, 2.45) is 0 Å². The maximum atomic E-state index is 11.9. The van der Waals surface area contributed by atoms with Crippen LogP contribution in [0.3, 0.4) is 0 Å². The van der Waals surface area contributed by atoms with Gasteiger partial charge in [0.2, 0.25) is 10.0 Å². The van der Waals surface area contributed by atoms with E-state index in [0.717, 1.165) is 0 Å². The molecule has 10 heteroatoms. The molecule has 25 heavy (non-hydrogen) atoms. The predicted octanol–water partition coefficient (Wildman–Crippen LogP) is 2.19. The fourth-order valence-corrected chi connectivity index (χ4v) is 3.03. The molecule has 0 bridgehead atoms. The Morgan fingerprint density at radius 2 is 1.92 bits per heavy atom. The van der Waals surface area contributed by atoms with Crippen LogP contribution in [0.5, 0.6) is 0 Å². The highest BCUT2D eigenvalue weighted by Gasteiger charge is 2.13. The number of nitrogens with zero attached hydrogens (tertiary/aromatic N) is 3. The zero-order chi connectivity index (χ0) is 18.0. The highest BCUT2D eigenvalue weighted by molar-refractivity contribution is 7.89. The van der Waals surface area contributed by atoms with Gasteiger partial charge in [0.25, 0.3) is 5.69 Å². The molecule has 0 saturated carbocycles. The lowest BCUT2D eigenvalue weighted by atomic mass is 10.2. The van der Waals surface area contributed by atoms with E-state index in [4.69, 9.17) is 0 Å². The lowest BCUT2D eigenvalue weighted by molar-refractivity contribution is -0.384. The molecule has 0 radical (unpaired) electrons. The van der Waals surface area contributed by atoms with Crippen LogP contribution in [0.15, 0.2) is 53.7 Å². The zero-order valence-corrected chi connectivity index (χ0v) is 13.8. The Morgan fingerprint density at radius 3 is 2.64 bits per heavy atom. The van der Waals surface area contributed by atoms with Gasteiger partial charge in [-0.3, -0.25) is 10.1 Å². The van der Waals surface area contributed by atoms with E-state index in [1.54, 1.807) is 18.2 Å². The summed E-state index contributed by atoms with van der Waals surface area (Å²) in [5, 5.41) is 14.5. The lowest BCUT2D eigenvalue weighted by Gasteiger charge is -2.10. The Balaban J connectivity index is 2.01. The van der Waals surface area contributed by atoms with Crippen LogP contribution in [0.2, 0.25) is 0 Å². The van der Waals surface area contributed by atoms with Gasteiger partial charge < -0.3 is 5.32 Å². The number of hydrogen-bond donors (Lipinski definition) is 2. The molecule has 3 aromatic rings. The van der Waals surface area contributed by atoms with Crippen molar-refractivity contribution < 1.29 is 13.3 Å². The van der Waals surface area contributed by atoms with Crippen molar-refractivity contribution in [3.63, 3.8) is 0 Å². The third kappa shape index (κ3) is 3.39. The number of nitrogens with one attached hydrogen (secondary N) is 2. The second kappa shape index (κ2) is 6.42. The molecule has 1 heterocycles. The van der Waals surface area contributed by atoms with E-state index in [9.17, 15) is 18.5 Å². The number of nitro benzene ring substituents is 1. The number of benzene rings is 2. The summed E-state index contributed by atoms with van der Waals surface area (Å²) in [7, 11) is -2.23. The first-order chi connectivity index (χ1) is 11.9. The van der Waals surface area contributed by atoms with Gasteiger partial charge in [0.15, 0.2) is 0 Å². The van der Waals surface area contributed by atoms with Crippen molar-refractivity contribution in [3.05, 3.63) is 58.9 Å². The van der Waals surface area contributed by atoms with Gasteiger partial charge in [-0.2, -0.15) is 0 Å². The monoisotopic (exact) mass is 359 g/mol. The fraction of sp³-hybridized carbons (Fsp3) is 0.0667. The van der Waals surface area contributed by atoms with Crippen LogP contribution in [-0.2, 0) is 10.0 Å². The minimum Gasteiger partial charge on any atom is -0.340 e. The lowest BCUT2D eigenvalue weighted by Crippen LogP contribution is -2.18. The Hall–Kier alpha value is -3.11. The normalized spacial score (nSPS) is 11.4. The minimum atomic E-state index is -3.57. The first-order valence-corrected chi connectivity index (χ1v) is 8.59. The van der Waals surface area contributed by atoms with Crippen LogP contribution in [-0.4, -0.2) is 30.4 Å². The molecule has 0 amide bonds. The van der Waals surface area contributed by atoms with Crippen molar-refractivity contribution in [1.29, 1.82) is 0 Å². The summed E-state index contributed by atoms with van der Waals surface area (Å²) >= 11 is 0. The average Bonchev–Trinajstić information content (AvgIpc) is 2.61. The molecule has 0 atom stereocenters. The summed E-state index contributed by atoms with van der Waals surface area (Å²) < 4.78 is 26.0. The Bertz CT molecular complexity index is 1070. The van der Waals surface area contributed by atoms with Gasteiger partial charge in [0.1, 0.15) is 12.1 Å². The molecule has 0 aliphatic carbocycles. The molecule has 0 spiro atoms. The van der Waals surface area contributed by atoms with Crippen molar-refractivity contribution in [2.75, 3.05) is 12.4 Å². The Labute approximate surface area is 142 Å². The third-order valence-electron chi connectivity index (χ3n) is 3.51. The van der Waals surface area contributed by atoms with Crippen LogP contribution >= 0.6 is 0 Å². The molecule has 128 valence electrons. The van der Waals surface area contributed by atoms with Crippen LogP contribution in [0.25, 0.3) is 10.9 Å². The minimum absolute atomic E-state index is 0.0701. The maximum Gasteiger partial charge on any atom is 0.271 e. The molecule has 2 N–H and O–H groups in total. The van der Waals surface area contributed by atoms with Gasteiger partial charge in [-0.15, -0.1) is 0 Å². The molecule has 2 aromatic carbocycles. The van der Waals surface area contributed by atoms with E-state index in [0.29, 0.717) is 22.4 Å². The van der Waals surface area contributed by atoms with Crippen molar-refractivity contribution in [2.45, 2.75) is 4.90 Å². The summed E-state index contributed by atoms with van der Waals surface area (Å²) in [6, 6.07) is 10.5. The van der Waals surface area contributed by atoms with Gasteiger partial charge in [0.05, 0.1) is 15.3 Å². The van der Waals surface area contributed by atoms with E-state index in [-0.39, 0.29) is 10.6 Å². The van der Waals surface area contributed by atoms with Gasteiger partial charge in [-0.05, 0) is 31.3 Å². The second-order valence-electron chi connectivity index (χ2n) is 5.04. The third-order valence-corrected chi connectivity index (χ3v) is 4.92. The number of hydrogen-bond acceptors (Lipinski definition) is 7. The van der Waals surface area contributed by atoms with E-state index < -0.39 is 14.9 Å². The molecule has 0 aliphatic rings. The largest absolute Gasteiger partial charge is 0.340 e. The van der Waals surface area contributed by atoms with Gasteiger partial charge in [-0.25, -0.2) is 23.1 Å². The van der Waals surface area contributed by atoms with E-state index in [1.165, 1.54) is 37.6 Å². The van der Waals surface area contributed by atoms with Crippen LogP contribution in [0.4, 0.5) is 17.2 Å². The van der Waals surface area contributed by atoms with E-state index in [1.807, 2.05) is 0 Å². The second-order valence-corrected chi connectivity index (χ2v) is 6.93. The number of anilines is 2. The summed E-state index contributed by atoms with van der Waals surface area (Å²) in [4.78, 5) is 18.6. The summed E-state index contributed by atoms with van der Waals surface area (Å²) in [6.45, 7) is 0. The summed E-state index contributed by atoms with van der Waals surface area (Å²) in [6.07, 6.45) is 1.28. The predicted molar refractivity (Wildman–Crippen MR) is 92.2 cm³/mol. The van der Waals surface area contributed by atoms with E-state index in [2.05, 4.69) is 20.0 Å². The molecule has 0 saturated heterocycles. The smallest absolute Gasteiger partial charge is 0.271 e. The first kappa shape index (κ1) is 16.7. The number of non-ortho nitro benzene ring substituents is 1. The molecule has 3 rings (SSSR count). The number of fused-ring (bicyclic) bond motifs is 1. The molecular formula is C15H13N5O4S. The maximum absolute atomic E-state index is 11.9. The molecule has 0 unspecified atom stereocenters. The average molecular weight is 359 g/mol. The number of nitro groups is 1. The van der Waals surface area contributed by atoms with Crippen molar-refractivity contribution >= 4 is 38.1 Å². The van der Waals surface area contributed by atoms with Crippen LogP contribution in [0, 0.1) is 10.1 Å². The quantitative estimate of drug-likeness (QED) is 0.528. The molecule has 0 aliphatic heterocycles. The number of sulfonamides is 1.